The molecule has 0 aliphatic carbocycles. The Hall–Kier alpha value is -1.49. The number of carbonyl (C=O) groups excluding carboxylic acids is 1. The van der Waals surface area contributed by atoms with E-state index in [0.717, 1.165) is 0 Å². The second-order valence-corrected chi connectivity index (χ2v) is 3.80. The molecule has 82 valence electrons. The van der Waals surface area contributed by atoms with Crippen LogP contribution in [0.4, 0.5) is 5.95 Å². The van der Waals surface area contributed by atoms with Gasteiger partial charge < -0.3 is 5.73 Å². The fraction of sp³-hybridized carbons (Fsp3) is 0.500. The van der Waals surface area contributed by atoms with E-state index in [4.69, 9.17) is 5.73 Å². The van der Waals surface area contributed by atoms with E-state index in [1.807, 2.05) is 13.8 Å². The van der Waals surface area contributed by atoms with Crippen molar-refractivity contribution in [2.24, 2.45) is 11.7 Å². The number of amides is 1. The Balaban J connectivity index is 2.49. The Labute approximate surface area is 89.1 Å². The smallest absolute Gasteiger partial charge is 0.243 e. The molecule has 3 N–H and O–H groups in total. The summed E-state index contributed by atoms with van der Waals surface area (Å²) in [4.78, 5) is 19.3. The molecule has 0 bridgehead atoms. The predicted molar refractivity (Wildman–Crippen MR) is 58.1 cm³/mol. The van der Waals surface area contributed by atoms with Crippen LogP contribution >= 0.6 is 0 Å². The van der Waals surface area contributed by atoms with Gasteiger partial charge in [-0.1, -0.05) is 13.8 Å². The number of carbonyl (C=O) groups is 1. The molecule has 0 unspecified atom stereocenters. The lowest BCUT2D eigenvalue weighted by molar-refractivity contribution is -0.117. The minimum absolute atomic E-state index is 0.241. The lowest BCUT2D eigenvalue weighted by atomic mass is 10.0. The summed E-state index contributed by atoms with van der Waals surface area (Å²) >= 11 is 0. The van der Waals surface area contributed by atoms with Crippen molar-refractivity contribution in [3.8, 4) is 0 Å². The number of nitrogens with zero attached hydrogens (tertiary/aromatic N) is 2. The Morgan fingerprint density at radius 3 is 2.60 bits per heavy atom. The van der Waals surface area contributed by atoms with E-state index >= 15 is 0 Å². The van der Waals surface area contributed by atoms with Crippen LogP contribution in [-0.4, -0.2) is 21.9 Å². The number of aromatic nitrogens is 2. The summed E-state index contributed by atoms with van der Waals surface area (Å²) in [5.41, 5.74) is 5.70. The predicted octanol–water partition coefficient (Wildman–Crippen LogP) is 0.788. The molecule has 0 spiro atoms. The van der Waals surface area contributed by atoms with E-state index < -0.39 is 6.04 Å². The minimum Gasteiger partial charge on any atom is -0.320 e. The second-order valence-electron chi connectivity index (χ2n) is 3.80. The van der Waals surface area contributed by atoms with Crippen LogP contribution in [0.25, 0.3) is 0 Å². The molecule has 1 atom stereocenters. The van der Waals surface area contributed by atoms with Gasteiger partial charge in [-0.2, -0.15) is 0 Å². The van der Waals surface area contributed by atoms with Crippen molar-refractivity contribution in [1.29, 1.82) is 0 Å². The zero-order valence-corrected chi connectivity index (χ0v) is 8.97. The van der Waals surface area contributed by atoms with Gasteiger partial charge in [-0.15, -0.1) is 0 Å². The fourth-order valence-corrected chi connectivity index (χ4v) is 1.18. The van der Waals surface area contributed by atoms with Gasteiger partial charge in [-0.3, -0.25) is 10.1 Å². The van der Waals surface area contributed by atoms with Crippen molar-refractivity contribution >= 4 is 11.9 Å². The lowest BCUT2D eigenvalue weighted by Gasteiger charge is -2.12. The summed E-state index contributed by atoms with van der Waals surface area (Å²) in [6.07, 6.45) is 3.78. The van der Waals surface area contributed by atoms with E-state index in [9.17, 15) is 4.79 Å². The fourth-order valence-electron chi connectivity index (χ4n) is 1.18. The average Bonchev–Trinajstić information content (AvgIpc) is 2.18. The quantitative estimate of drug-likeness (QED) is 0.766. The third-order valence-electron chi connectivity index (χ3n) is 1.86. The maximum absolute atomic E-state index is 11.5. The monoisotopic (exact) mass is 208 g/mol. The molecule has 1 amide bonds. The molecule has 0 fully saturated rings. The molecule has 0 aliphatic heterocycles. The third kappa shape index (κ3) is 4.03. The van der Waals surface area contributed by atoms with Crippen molar-refractivity contribution in [3.05, 3.63) is 18.5 Å². The van der Waals surface area contributed by atoms with E-state index in [2.05, 4.69) is 15.3 Å². The molecule has 0 saturated heterocycles. The van der Waals surface area contributed by atoms with Gasteiger partial charge in [0.05, 0.1) is 6.04 Å². The molecule has 15 heavy (non-hydrogen) atoms. The first-order valence-electron chi connectivity index (χ1n) is 4.93. The molecule has 1 rings (SSSR count). The van der Waals surface area contributed by atoms with Gasteiger partial charge in [0.1, 0.15) is 0 Å². The highest BCUT2D eigenvalue weighted by Gasteiger charge is 2.15. The van der Waals surface area contributed by atoms with E-state index in [-0.39, 0.29) is 5.91 Å². The van der Waals surface area contributed by atoms with Crippen molar-refractivity contribution < 1.29 is 4.79 Å². The van der Waals surface area contributed by atoms with Gasteiger partial charge in [-0.25, -0.2) is 9.97 Å². The molecule has 1 aromatic rings. The topological polar surface area (TPSA) is 80.9 Å². The molecule has 1 heterocycles. The molecule has 5 nitrogen and oxygen atoms in total. The normalized spacial score (nSPS) is 12.5. The van der Waals surface area contributed by atoms with Gasteiger partial charge in [-0.05, 0) is 18.4 Å². The maximum Gasteiger partial charge on any atom is 0.243 e. The van der Waals surface area contributed by atoms with Gasteiger partial charge in [0.15, 0.2) is 0 Å². The molecule has 0 aliphatic rings. The number of hydrogen-bond acceptors (Lipinski definition) is 4. The first kappa shape index (κ1) is 11.6. The SMILES string of the molecule is CC(C)C[C@H](N)C(=O)Nc1ncccn1. The molecule has 0 saturated carbocycles. The largest absolute Gasteiger partial charge is 0.320 e. The van der Waals surface area contributed by atoms with E-state index in [1.54, 1.807) is 18.5 Å². The van der Waals surface area contributed by atoms with Crippen LogP contribution in [0, 0.1) is 5.92 Å². The summed E-state index contributed by atoms with van der Waals surface area (Å²) in [5, 5.41) is 2.56. The summed E-state index contributed by atoms with van der Waals surface area (Å²) in [6, 6.07) is 1.18. The summed E-state index contributed by atoms with van der Waals surface area (Å²) in [5.74, 6) is 0.444. The highest BCUT2D eigenvalue weighted by Crippen LogP contribution is 2.04. The standard InChI is InChI=1S/C10H16N4O/c1-7(2)6-8(11)9(15)14-10-12-4-3-5-13-10/h3-5,7-8H,6,11H2,1-2H3,(H,12,13,14,15)/t8-/m0/s1. The Bertz CT molecular complexity index is 312. The Kier molecular flexibility index (Phi) is 4.17. The summed E-state index contributed by atoms with van der Waals surface area (Å²) in [6.45, 7) is 4.04. The first-order valence-corrected chi connectivity index (χ1v) is 4.93. The molecular formula is C10H16N4O. The lowest BCUT2D eigenvalue weighted by Crippen LogP contribution is -2.37. The van der Waals surface area contributed by atoms with Crippen molar-refractivity contribution in [2.75, 3.05) is 5.32 Å². The van der Waals surface area contributed by atoms with E-state index in [1.165, 1.54) is 0 Å². The zero-order valence-electron chi connectivity index (χ0n) is 8.97. The van der Waals surface area contributed by atoms with Gasteiger partial charge in [0.2, 0.25) is 11.9 Å². The first-order chi connectivity index (χ1) is 7.09. The van der Waals surface area contributed by atoms with E-state index in [0.29, 0.717) is 18.3 Å². The highest BCUT2D eigenvalue weighted by atomic mass is 16.2. The van der Waals surface area contributed by atoms with Crippen molar-refractivity contribution in [2.45, 2.75) is 26.3 Å². The number of rotatable bonds is 4. The number of anilines is 1. The Morgan fingerprint density at radius 2 is 2.07 bits per heavy atom. The van der Waals surface area contributed by atoms with Gasteiger partial charge in [0, 0.05) is 12.4 Å². The number of nitrogens with two attached hydrogens (primary N) is 1. The van der Waals surface area contributed by atoms with Gasteiger partial charge in [0.25, 0.3) is 0 Å². The molecule has 5 heteroatoms. The van der Waals surface area contributed by atoms with Crippen LogP contribution in [0.5, 0.6) is 0 Å². The second kappa shape index (κ2) is 5.41. The number of nitrogens with one attached hydrogen (secondary N) is 1. The molecule has 0 radical (unpaired) electrons. The van der Waals surface area contributed by atoms with Crippen LogP contribution < -0.4 is 11.1 Å². The summed E-state index contributed by atoms with van der Waals surface area (Å²) in [7, 11) is 0. The Morgan fingerprint density at radius 1 is 1.47 bits per heavy atom. The minimum atomic E-state index is -0.506. The van der Waals surface area contributed by atoms with Gasteiger partial charge >= 0.3 is 0 Å². The van der Waals surface area contributed by atoms with Crippen LogP contribution in [0.1, 0.15) is 20.3 Å². The van der Waals surface area contributed by atoms with Crippen molar-refractivity contribution in [3.63, 3.8) is 0 Å². The van der Waals surface area contributed by atoms with Crippen LogP contribution in [0.15, 0.2) is 18.5 Å². The van der Waals surface area contributed by atoms with Crippen molar-refractivity contribution in [1.82, 2.24) is 9.97 Å². The van der Waals surface area contributed by atoms with Crippen LogP contribution in [0.2, 0.25) is 0 Å². The van der Waals surface area contributed by atoms with Crippen LogP contribution in [0.3, 0.4) is 0 Å². The average molecular weight is 208 g/mol. The molecule has 0 aromatic carbocycles. The highest BCUT2D eigenvalue weighted by molar-refractivity contribution is 5.93. The maximum atomic E-state index is 11.5. The molecule has 1 aromatic heterocycles. The third-order valence-corrected chi connectivity index (χ3v) is 1.86. The molecular weight excluding hydrogens is 192 g/mol. The number of hydrogen-bond donors (Lipinski definition) is 2. The zero-order chi connectivity index (χ0) is 11.3. The van der Waals surface area contributed by atoms with Crippen LogP contribution in [-0.2, 0) is 4.79 Å². The summed E-state index contributed by atoms with van der Waals surface area (Å²) < 4.78 is 0.